The molecule has 0 saturated heterocycles. The predicted octanol–water partition coefficient (Wildman–Crippen LogP) is 0.992. The van der Waals surface area contributed by atoms with Crippen LogP contribution in [0.4, 0.5) is 0 Å². The topological polar surface area (TPSA) is 24.4 Å². The van der Waals surface area contributed by atoms with E-state index in [1.807, 2.05) is 6.21 Å². The minimum Gasteiger partial charge on any atom is -0.310 e. The van der Waals surface area contributed by atoms with Crippen LogP contribution in [0.15, 0.2) is 5.10 Å². The lowest BCUT2D eigenvalue weighted by atomic mass is 9.90. The monoisotopic (exact) mass is 112 g/mol. The van der Waals surface area contributed by atoms with Crippen molar-refractivity contribution in [2.45, 2.75) is 20.3 Å². The van der Waals surface area contributed by atoms with Crippen molar-refractivity contribution in [3.05, 3.63) is 0 Å². The largest absolute Gasteiger partial charge is 0.310 e. The molecule has 1 N–H and O–H groups in total. The summed E-state index contributed by atoms with van der Waals surface area (Å²) in [6.45, 7) is 5.46. The molecule has 0 fully saturated rings. The highest BCUT2D eigenvalue weighted by molar-refractivity contribution is 5.58. The summed E-state index contributed by atoms with van der Waals surface area (Å²) in [4.78, 5) is 0. The van der Waals surface area contributed by atoms with E-state index in [2.05, 4.69) is 24.4 Å². The Hall–Kier alpha value is -0.530. The summed E-state index contributed by atoms with van der Waals surface area (Å²) in [5, 5.41) is 3.90. The SMILES string of the molecule is CC1(C)CC=NNC1. The van der Waals surface area contributed by atoms with Crippen LogP contribution in [0.2, 0.25) is 0 Å². The van der Waals surface area contributed by atoms with Crippen LogP contribution in [0.5, 0.6) is 0 Å². The first kappa shape index (κ1) is 5.60. The molecule has 1 aliphatic rings. The van der Waals surface area contributed by atoms with Crippen LogP contribution < -0.4 is 5.43 Å². The van der Waals surface area contributed by atoms with E-state index in [0.29, 0.717) is 5.41 Å². The summed E-state index contributed by atoms with van der Waals surface area (Å²) < 4.78 is 0. The van der Waals surface area contributed by atoms with E-state index in [1.54, 1.807) is 0 Å². The van der Waals surface area contributed by atoms with Gasteiger partial charge in [-0.1, -0.05) is 13.8 Å². The minimum atomic E-state index is 0.418. The molecule has 0 bridgehead atoms. The first-order valence-electron chi connectivity index (χ1n) is 2.95. The minimum absolute atomic E-state index is 0.418. The van der Waals surface area contributed by atoms with Gasteiger partial charge in [0, 0.05) is 12.8 Å². The van der Waals surface area contributed by atoms with E-state index in [9.17, 15) is 0 Å². The zero-order valence-electron chi connectivity index (χ0n) is 5.44. The first-order valence-corrected chi connectivity index (χ1v) is 2.95. The molecule has 2 heteroatoms. The molecule has 0 spiro atoms. The third kappa shape index (κ3) is 1.22. The molecule has 0 saturated carbocycles. The van der Waals surface area contributed by atoms with Gasteiger partial charge in [0.2, 0.25) is 0 Å². The fourth-order valence-electron chi connectivity index (χ4n) is 0.689. The van der Waals surface area contributed by atoms with Gasteiger partial charge in [-0.05, 0) is 11.8 Å². The van der Waals surface area contributed by atoms with E-state index in [4.69, 9.17) is 0 Å². The zero-order chi connectivity index (χ0) is 6.04. The molecule has 1 aliphatic heterocycles. The highest BCUT2D eigenvalue weighted by Crippen LogP contribution is 2.18. The van der Waals surface area contributed by atoms with Crippen LogP contribution in [0.1, 0.15) is 20.3 Å². The van der Waals surface area contributed by atoms with E-state index in [1.165, 1.54) is 0 Å². The summed E-state index contributed by atoms with van der Waals surface area (Å²) in [6.07, 6.45) is 3.03. The van der Waals surface area contributed by atoms with Gasteiger partial charge in [0.15, 0.2) is 0 Å². The smallest absolute Gasteiger partial charge is 0.0384 e. The van der Waals surface area contributed by atoms with E-state index >= 15 is 0 Å². The van der Waals surface area contributed by atoms with Crippen molar-refractivity contribution >= 4 is 6.21 Å². The van der Waals surface area contributed by atoms with Crippen LogP contribution in [0.25, 0.3) is 0 Å². The van der Waals surface area contributed by atoms with Gasteiger partial charge in [0.25, 0.3) is 0 Å². The van der Waals surface area contributed by atoms with Crippen LogP contribution >= 0.6 is 0 Å². The second-order valence-electron chi connectivity index (χ2n) is 3.01. The summed E-state index contributed by atoms with van der Waals surface area (Å²) in [7, 11) is 0. The highest BCUT2D eigenvalue weighted by atomic mass is 15.3. The summed E-state index contributed by atoms with van der Waals surface area (Å²) in [5.41, 5.74) is 3.36. The second kappa shape index (κ2) is 1.77. The van der Waals surface area contributed by atoms with Crippen molar-refractivity contribution in [2.24, 2.45) is 10.5 Å². The van der Waals surface area contributed by atoms with Crippen molar-refractivity contribution in [1.29, 1.82) is 0 Å². The summed E-state index contributed by atoms with van der Waals surface area (Å²) in [6, 6.07) is 0. The number of hydrogen-bond donors (Lipinski definition) is 1. The summed E-state index contributed by atoms with van der Waals surface area (Å²) in [5.74, 6) is 0. The molecule has 8 heavy (non-hydrogen) atoms. The third-order valence-corrected chi connectivity index (χ3v) is 1.38. The molecular formula is C6H12N2. The number of nitrogens with zero attached hydrogens (tertiary/aromatic N) is 1. The van der Waals surface area contributed by atoms with E-state index < -0.39 is 0 Å². The summed E-state index contributed by atoms with van der Waals surface area (Å²) >= 11 is 0. The Kier molecular flexibility index (Phi) is 1.24. The van der Waals surface area contributed by atoms with Gasteiger partial charge in [-0.2, -0.15) is 5.10 Å². The van der Waals surface area contributed by atoms with E-state index in [-0.39, 0.29) is 0 Å². The number of rotatable bonds is 0. The van der Waals surface area contributed by atoms with Crippen LogP contribution in [-0.2, 0) is 0 Å². The molecule has 0 amide bonds. The normalized spacial score (nSPS) is 24.8. The van der Waals surface area contributed by atoms with Crippen molar-refractivity contribution in [2.75, 3.05) is 6.54 Å². The Morgan fingerprint density at radius 1 is 1.62 bits per heavy atom. The molecule has 46 valence electrons. The molecule has 0 radical (unpaired) electrons. The average molecular weight is 112 g/mol. The fraction of sp³-hybridized carbons (Fsp3) is 0.833. The molecular weight excluding hydrogens is 100 g/mol. The molecule has 1 heterocycles. The van der Waals surface area contributed by atoms with Gasteiger partial charge >= 0.3 is 0 Å². The lowest BCUT2D eigenvalue weighted by Gasteiger charge is -2.24. The number of nitrogens with one attached hydrogen (secondary N) is 1. The number of hydrogen-bond acceptors (Lipinski definition) is 2. The maximum Gasteiger partial charge on any atom is 0.0384 e. The van der Waals surface area contributed by atoms with Gasteiger partial charge in [-0.25, -0.2) is 0 Å². The lowest BCUT2D eigenvalue weighted by Crippen LogP contribution is -2.30. The van der Waals surface area contributed by atoms with Crippen LogP contribution in [-0.4, -0.2) is 12.8 Å². The Bertz CT molecular complexity index is 105. The molecule has 0 atom stereocenters. The average Bonchev–Trinajstić information content (AvgIpc) is 1.65. The van der Waals surface area contributed by atoms with Gasteiger partial charge in [0.1, 0.15) is 0 Å². The lowest BCUT2D eigenvalue weighted by molar-refractivity contribution is 0.346. The Morgan fingerprint density at radius 3 is 2.62 bits per heavy atom. The first-order chi connectivity index (χ1) is 3.71. The van der Waals surface area contributed by atoms with Crippen LogP contribution in [0.3, 0.4) is 0 Å². The molecule has 0 aromatic rings. The molecule has 0 aromatic heterocycles. The van der Waals surface area contributed by atoms with Crippen molar-refractivity contribution in [3.63, 3.8) is 0 Å². The van der Waals surface area contributed by atoms with Gasteiger partial charge in [-0.15, -0.1) is 0 Å². The standard InChI is InChI=1S/C6H12N2/c1-6(2)3-4-7-8-5-6/h4,8H,3,5H2,1-2H3. The van der Waals surface area contributed by atoms with Gasteiger partial charge in [-0.3, -0.25) is 0 Å². The molecule has 2 nitrogen and oxygen atoms in total. The Morgan fingerprint density at radius 2 is 2.38 bits per heavy atom. The number of hydrazone groups is 1. The van der Waals surface area contributed by atoms with E-state index in [0.717, 1.165) is 13.0 Å². The zero-order valence-corrected chi connectivity index (χ0v) is 5.44. The second-order valence-corrected chi connectivity index (χ2v) is 3.01. The fourth-order valence-corrected chi connectivity index (χ4v) is 0.689. The molecule has 0 aliphatic carbocycles. The van der Waals surface area contributed by atoms with Crippen molar-refractivity contribution in [1.82, 2.24) is 5.43 Å². The molecule has 1 rings (SSSR count). The van der Waals surface area contributed by atoms with Crippen molar-refractivity contribution < 1.29 is 0 Å². The van der Waals surface area contributed by atoms with Gasteiger partial charge < -0.3 is 5.43 Å². The molecule has 0 unspecified atom stereocenters. The Balaban J connectivity index is 2.50. The highest BCUT2D eigenvalue weighted by Gasteiger charge is 2.17. The Labute approximate surface area is 50.0 Å². The quantitative estimate of drug-likeness (QED) is 0.496. The molecule has 0 aromatic carbocycles. The maximum absolute atomic E-state index is 3.90. The maximum atomic E-state index is 3.90. The predicted molar refractivity (Wildman–Crippen MR) is 34.9 cm³/mol. The van der Waals surface area contributed by atoms with Crippen LogP contribution in [0, 0.1) is 5.41 Å². The van der Waals surface area contributed by atoms with Gasteiger partial charge in [0.05, 0.1) is 0 Å². The van der Waals surface area contributed by atoms with Crippen molar-refractivity contribution in [3.8, 4) is 0 Å². The third-order valence-electron chi connectivity index (χ3n) is 1.38.